The van der Waals surface area contributed by atoms with Gasteiger partial charge in [-0.2, -0.15) is 0 Å². The van der Waals surface area contributed by atoms with E-state index in [-0.39, 0.29) is 11.9 Å². The molecule has 2 aliphatic rings. The molecule has 8 heteroatoms. The molecule has 0 aromatic carbocycles. The molecule has 1 amide bonds. The predicted molar refractivity (Wildman–Crippen MR) is 96.4 cm³/mol. The summed E-state index contributed by atoms with van der Waals surface area (Å²) in [4.78, 5) is 21.4. The fourth-order valence-corrected chi connectivity index (χ4v) is 4.01. The number of aliphatic hydroxyl groups excluding tert-OH is 1. The number of morpholine rings is 1. The number of thiazole rings is 1. The minimum atomic E-state index is -0.596. The Hall–Kier alpha value is -1.06. The van der Waals surface area contributed by atoms with Crippen molar-refractivity contribution >= 4 is 17.2 Å². The standard InChI is InChI=1S/C17H28N4O3S/c1-17(2,21-5-7-24-8-6-21)16(23)19-14-3-4-20(10-15(14)22)9-13-11-25-12-18-13/h11-12,14-15,22H,3-10H2,1-2H3,(H,19,23)/t14-,15-/m1/s1. The molecule has 2 saturated heterocycles. The summed E-state index contributed by atoms with van der Waals surface area (Å²) >= 11 is 1.58. The number of hydrogen-bond acceptors (Lipinski definition) is 7. The van der Waals surface area contributed by atoms with Gasteiger partial charge in [0.2, 0.25) is 5.91 Å². The highest BCUT2D eigenvalue weighted by atomic mass is 32.1. The normalized spacial score (nSPS) is 26.5. The van der Waals surface area contributed by atoms with Gasteiger partial charge in [-0.3, -0.25) is 14.6 Å². The van der Waals surface area contributed by atoms with E-state index in [0.29, 0.717) is 19.8 Å². The first-order valence-electron chi connectivity index (χ1n) is 8.88. The zero-order valence-corrected chi connectivity index (χ0v) is 15.8. The zero-order chi connectivity index (χ0) is 17.9. The summed E-state index contributed by atoms with van der Waals surface area (Å²) in [5.41, 5.74) is 2.27. The molecule has 140 valence electrons. The topological polar surface area (TPSA) is 77.9 Å². The van der Waals surface area contributed by atoms with Gasteiger partial charge in [0.25, 0.3) is 0 Å². The Labute approximate surface area is 153 Å². The van der Waals surface area contributed by atoms with Crippen molar-refractivity contribution in [3.8, 4) is 0 Å². The van der Waals surface area contributed by atoms with Gasteiger partial charge in [-0.25, -0.2) is 4.98 Å². The van der Waals surface area contributed by atoms with Crippen LogP contribution in [0.15, 0.2) is 10.9 Å². The number of carbonyl (C=O) groups is 1. The van der Waals surface area contributed by atoms with Gasteiger partial charge in [0.1, 0.15) is 0 Å². The molecule has 0 saturated carbocycles. The van der Waals surface area contributed by atoms with Crippen LogP contribution in [-0.2, 0) is 16.1 Å². The molecule has 0 aliphatic carbocycles. The van der Waals surface area contributed by atoms with Crippen LogP contribution in [0.3, 0.4) is 0 Å². The zero-order valence-electron chi connectivity index (χ0n) is 15.0. The van der Waals surface area contributed by atoms with Crippen LogP contribution in [0.2, 0.25) is 0 Å². The second-order valence-corrected chi connectivity index (χ2v) is 8.03. The summed E-state index contributed by atoms with van der Waals surface area (Å²) in [5.74, 6) is -0.0219. The second-order valence-electron chi connectivity index (χ2n) is 7.31. The Bertz CT molecular complexity index is 560. The summed E-state index contributed by atoms with van der Waals surface area (Å²) in [5, 5.41) is 15.6. The molecule has 25 heavy (non-hydrogen) atoms. The van der Waals surface area contributed by atoms with Crippen molar-refractivity contribution < 1.29 is 14.6 Å². The van der Waals surface area contributed by atoms with Crippen LogP contribution in [0.25, 0.3) is 0 Å². The van der Waals surface area contributed by atoms with Crippen molar-refractivity contribution in [3.63, 3.8) is 0 Å². The molecule has 7 nitrogen and oxygen atoms in total. The van der Waals surface area contributed by atoms with Crippen molar-refractivity contribution in [3.05, 3.63) is 16.6 Å². The average Bonchev–Trinajstić information content (AvgIpc) is 3.11. The first-order chi connectivity index (χ1) is 12.0. The summed E-state index contributed by atoms with van der Waals surface area (Å²) in [7, 11) is 0. The molecule has 0 unspecified atom stereocenters. The predicted octanol–water partition coefficient (Wildman–Crippen LogP) is 0.305. The quantitative estimate of drug-likeness (QED) is 0.779. The molecule has 2 aliphatic heterocycles. The van der Waals surface area contributed by atoms with Crippen LogP contribution in [0.5, 0.6) is 0 Å². The third-order valence-corrected chi connectivity index (χ3v) is 5.84. The Balaban J connectivity index is 1.51. The SMILES string of the molecule is CC(C)(C(=O)N[C@@H]1CCN(Cc2cscn2)C[C@H]1O)N1CCOCC1. The Kier molecular flexibility index (Phi) is 6.06. The number of aromatic nitrogens is 1. The van der Waals surface area contributed by atoms with Gasteiger partial charge < -0.3 is 15.2 Å². The minimum Gasteiger partial charge on any atom is -0.390 e. The molecule has 2 fully saturated rings. The number of nitrogens with one attached hydrogen (secondary N) is 1. The number of rotatable bonds is 5. The van der Waals surface area contributed by atoms with Gasteiger partial charge in [0, 0.05) is 38.1 Å². The van der Waals surface area contributed by atoms with Gasteiger partial charge in [-0.05, 0) is 20.3 Å². The molecule has 0 radical (unpaired) electrons. The average molecular weight is 369 g/mol. The van der Waals surface area contributed by atoms with Crippen molar-refractivity contribution in [2.45, 2.75) is 44.5 Å². The summed E-state index contributed by atoms with van der Waals surface area (Å²) in [6.07, 6.45) is 0.188. The fraction of sp³-hybridized carbons (Fsp3) is 0.765. The molecule has 2 N–H and O–H groups in total. The van der Waals surface area contributed by atoms with E-state index >= 15 is 0 Å². The molecule has 0 bridgehead atoms. The van der Waals surface area contributed by atoms with E-state index in [2.05, 4.69) is 20.1 Å². The lowest BCUT2D eigenvalue weighted by Crippen LogP contribution is -2.62. The first kappa shape index (κ1) is 18.7. The van der Waals surface area contributed by atoms with E-state index in [4.69, 9.17) is 4.74 Å². The molecule has 2 atom stereocenters. The number of nitrogens with zero attached hydrogens (tertiary/aromatic N) is 3. The Morgan fingerprint density at radius 1 is 1.44 bits per heavy atom. The molecular formula is C17H28N4O3S. The van der Waals surface area contributed by atoms with Crippen LogP contribution in [0.4, 0.5) is 0 Å². The van der Waals surface area contributed by atoms with Crippen LogP contribution >= 0.6 is 11.3 Å². The Morgan fingerprint density at radius 3 is 2.84 bits per heavy atom. The third kappa shape index (κ3) is 4.57. The molecule has 1 aromatic heterocycles. The molecule has 0 spiro atoms. The molecular weight excluding hydrogens is 340 g/mol. The van der Waals surface area contributed by atoms with Crippen LogP contribution < -0.4 is 5.32 Å². The van der Waals surface area contributed by atoms with E-state index in [0.717, 1.165) is 38.3 Å². The number of ether oxygens (including phenoxy) is 1. The second kappa shape index (κ2) is 8.09. The highest BCUT2D eigenvalue weighted by Gasteiger charge is 2.38. The first-order valence-corrected chi connectivity index (χ1v) is 9.82. The van der Waals surface area contributed by atoms with E-state index in [9.17, 15) is 9.90 Å². The molecule has 1 aromatic rings. The van der Waals surface area contributed by atoms with Crippen molar-refractivity contribution in [2.24, 2.45) is 0 Å². The van der Waals surface area contributed by atoms with Crippen LogP contribution in [0, 0.1) is 0 Å². The van der Waals surface area contributed by atoms with Gasteiger partial charge in [0.15, 0.2) is 0 Å². The lowest BCUT2D eigenvalue weighted by Gasteiger charge is -2.42. The highest BCUT2D eigenvalue weighted by molar-refractivity contribution is 7.07. The van der Waals surface area contributed by atoms with Gasteiger partial charge in [-0.15, -0.1) is 11.3 Å². The number of carbonyl (C=O) groups excluding carboxylic acids is 1. The maximum atomic E-state index is 12.8. The molecule has 3 rings (SSSR count). The number of amides is 1. The Morgan fingerprint density at radius 2 is 2.20 bits per heavy atom. The maximum Gasteiger partial charge on any atom is 0.240 e. The summed E-state index contributed by atoms with van der Waals surface area (Å²) < 4.78 is 5.37. The lowest BCUT2D eigenvalue weighted by atomic mass is 9.97. The van der Waals surface area contributed by atoms with Gasteiger partial charge >= 0.3 is 0 Å². The number of hydrogen-bond donors (Lipinski definition) is 2. The lowest BCUT2D eigenvalue weighted by molar-refractivity contribution is -0.136. The minimum absolute atomic E-state index is 0.0219. The van der Waals surface area contributed by atoms with Crippen molar-refractivity contribution in [1.82, 2.24) is 20.1 Å². The summed E-state index contributed by atoms with van der Waals surface area (Å²) in [6, 6.07) is -0.195. The van der Waals surface area contributed by atoms with Crippen LogP contribution in [-0.4, -0.2) is 82.9 Å². The largest absolute Gasteiger partial charge is 0.390 e. The highest BCUT2D eigenvalue weighted by Crippen LogP contribution is 2.19. The van der Waals surface area contributed by atoms with Crippen LogP contribution in [0.1, 0.15) is 26.0 Å². The van der Waals surface area contributed by atoms with E-state index in [1.165, 1.54) is 0 Å². The van der Waals surface area contributed by atoms with Gasteiger partial charge in [0.05, 0.1) is 42.1 Å². The molecule has 3 heterocycles. The smallest absolute Gasteiger partial charge is 0.240 e. The van der Waals surface area contributed by atoms with Crippen molar-refractivity contribution in [1.29, 1.82) is 0 Å². The van der Waals surface area contributed by atoms with E-state index < -0.39 is 11.6 Å². The third-order valence-electron chi connectivity index (χ3n) is 5.21. The van der Waals surface area contributed by atoms with Crippen molar-refractivity contribution in [2.75, 3.05) is 39.4 Å². The number of β-amino-alcohol motifs (C(OH)–C–C–N with tert-alkyl or cyclic N) is 1. The van der Waals surface area contributed by atoms with Gasteiger partial charge in [-0.1, -0.05) is 0 Å². The fourth-order valence-electron chi connectivity index (χ4n) is 3.46. The van der Waals surface area contributed by atoms with E-state index in [1.807, 2.05) is 24.7 Å². The maximum absolute atomic E-state index is 12.8. The monoisotopic (exact) mass is 368 g/mol. The number of piperidine rings is 1. The number of likely N-dealkylation sites (tertiary alicyclic amines) is 1. The summed E-state index contributed by atoms with van der Waals surface area (Å²) in [6.45, 7) is 8.88. The van der Waals surface area contributed by atoms with E-state index in [1.54, 1.807) is 11.3 Å². The number of aliphatic hydroxyl groups is 1.